The predicted octanol–water partition coefficient (Wildman–Crippen LogP) is 6.90. The highest BCUT2D eigenvalue weighted by atomic mass is 35.5. The van der Waals surface area contributed by atoms with Crippen LogP contribution in [0.1, 0.15) is 61.6 Å². The molecule has 2 fully saturated rings. The molecule has 5 rings (SSSR count). The van der Waals surface area contributed by atoms with Gasteiger partial charge in [-0.1, -0.05) is 61.0 Å². The molecule has 0 bridgehead atoms. The molecule has 1 aromatic heterocycles. The van der Waals surface area contributed by atoms with E-state index in [4.69, 9.17) is 11.6 Å². The highest BCUT2D eigenvalue weighted by molar-refractivity contribution is 6.31. The topological polar surface area (TPSA) is 42.0 Å². The van der Waals surface area contributed by atoms with Crippen LogP contribution in [0.4, 0.5) is 0 Å². The Kier molecular flexibility index (Phi) is 5.78. The summed E-state index contributed by atoms with van der Waals surface area (Å²) in [5, 5.41) is 4.14. The van der Waals surface area contributed by atoms with Crippen LogP contribution in [0.5, 0.6) is 0 Å². The van der Waals surface area contributed by atoms with Gasteiger partial charge in [0.1, 0.15) is 0 Å². The monoisotopic (exact) mass is 458 g/mol. The number of nitrogens with one attached hydrogen (secondary N) is 1. The fourth-order valence-electron chi connectivity index (χ4n) is 6.57. The van der Waals surface area contributed by atoms with Crippen molar-refractivity contribution >= 4 is 17.5 Å². The molecule has 0 radical (unpaired) electrons. The SMILES string of the molecule is CC[C@@]12CC[C@@H](c3ccc(C)cc3Cl)C(c3ccc(-c4cccnc4)cc3)[C@@H]1[C@@H](C)NC2=O. The zero-order chi connectivity index (χ0) is 23.2. The molecule has 2 aliphatic rings. The molecule has 0 spiro atoms. The molecular formula is C29H31ClN2O. The van der Waals surface area contributed by atoms with Gasteiger partial charge in [0.05, 0.1) is 5.41 Å². The number of aromatic nitrogens is 1. The number of aryl methyl sites for hydroxylation is 1. The normalized spacial score (nSPS) is 28.9. The maximum atomic E-state index is 13.2. The molecule has 170 valence electrons. The fraction of sp³-hybridized carbons (Fsp3) is 0.379. The number of benzene rings is 2. The minimum absolute atomic E-state index is 0.132. The summed E-state index contributed by atoms with van der Waals surface area (Å²) in [6.07, 6.45) is 6.43. The number of hydrogen-bond donors (Lipinski definition) is 1. The Labute approximate surface area is 201 Å². The van der Waals surface area contributed by atoms with E-state index in [1.807, 2.05) is 12.3 Å². The third-order valence-electron chi connectivity index (χ3n) is 8.19. The second-order valence-electron chi connectivity index (χ2n) is 9.86. The fourth-order valence-corrected chi connectivity index (χ4v) is 6.95. The molecule has 2 heterocycles. The second kappa shape index (κ2) is 8.61. The lowest BCUT2D eigenvalue weighted by atomic mass is 9.54. The zero-order valence-electron chi connectivity index (χ0n) is 19.5. The number of hydrogen-bond acceptors (Lipinski definition) is 2. The van der Waals surface area contributed by atoms with Crippen LogP contribution >= 0.6 is 11.6 Å². The molecule has 4 heteroatoms. The quantitative estimate of drug-likeness (QED) is 0.461. The zero-order valence-corrected chi connectivity index (χ0v) is 20.3. The van der Waals surface area contributed by atoms with Crippen molar-refractivity contribution in [1.82, 2.24) is 10.3 Å². The van der Waals surface area contributed by atoms with Crippen molar-refractivity contribution in [2.45, 2.75) is 57.9 Å². The molecule has 3 nitrogen and oxygen atoms in total. The molecule has 1 saturated carbocycles. The number of fused-ring (bicyclic) bond motifs is 1. The van der Waals surface area contributed by atoms with Gasteiger partial charge in [-0.15, -0.1) is 0 Å². The van der Waals surface area contributed by atoms with Crippen LogP contribution < -0.4 is 5.32 Å². The van der Waals surface area contributed by atoms with Crippen LogP contribution in [-0.4, -0.2) is 16.9 Å². The molecule has 33 heavy (non-hydrogen) atoms. The van der Waals surface area contributed by atoms with Gasteiger partial charge in [0.25, 0.3) is 0 Å². The lowest BCUT2D eigenvalue weighted by Crippen LogP contribution is -2.43. The van der Waals surface area contributed by atoms with Gasteiger partial charge in [0, 0.05) is 29.4 Å². The van der Waals surface area contributed by atoms with Gasteiger partial charge in [0.15, 0.2) is 0 Å². The molecule has 1 aliphatic carbocycles. The van der Waals surface area contributed by atoms with E-state index in [1.165, 1.54) is 16.7 Å². The first kappa shape index (κ1) is 22.2. The van der Waals surface area contributed by atoms with Gasteiger partial charge in [-0.25, -0.2) is 0 Å². The maximum Gasteiger partial charge on any atom is 0.226 e. The highest BCUT2D eigenvalue weighted by Crippen LogP contribution is 2.60. The number of nitrogens with zero attached hydrogens (tertiary/aromatic N) is 1. The van der Waals surface area contributed by atoms with E-state index >= 15 is 0 Å². The average molecular weight is 459 g/mol. The summed E-state index contributed by atoms with van der Waals surface area (Å²) >= 11 is 6.81. The lowest BCUT2D eigenvalue weighted by Gasteiger charge is -2.47. The van der Waals surface area contributed by atoms with E-state index in [0.717, 1.165) is 35.4 Å². The van der Waals surface area contributed by atoms with Crippen molar-refractivity contribution in [3.8, 4) is 11.1 Å². The van der Waals surface area contributed by atoms with Gasteiger partial charge in [0.2, 0.25) is 5.91 Å². The Hall–Kier alpha value is -2.65. The lowest BCUT2D eigenvalue weighted by molar-refractivity contribution is -0.131. The van der Waals surface area contributed by atoms with Crippen LogP contribution in [0.25, 0.3) is 11.1 Å². The Morgan fingerprint density at radius 3 is 2.58 bits per heavy atom. The number of rotatable bonds is 4. The summed E-state index contributed by atoms with van der Waals surface area (Å²) in [7, 11) is 0. The average Bonchev–Trinajstić information content (AvgIpc) is 3.09. The number of carbonyl (C=O) groups excluding carboxylic acids is 1. The summed E-state index contributed by atoms with van der Waals surface area (Å²) in [4.78, 5) is 17.5. The van der Waals surface area contributed by atoms with Crippen LogP contribution in [0.3, 0.4) is 0 Å². The Balaban J connectivity index is 1.62. The van der Waals surface area contributed by atoms with Crippen LogP contribution in [0.2, 0.25) is 5.02 Å². The standard InChI is InChI=1S/C29H31ClN2O/c1-4-29-14-13-24(23-12-7-18(2)16-25(23)30)26(27(29)19(3)32-28(29)33)21-10-8-20(9-11-21)22-6-5-15-31-17-22/h5-12,15-17,19,24,26-27H,4,13-14H2,1-3H3,(H,32,33)/t19-,24+,26?,27+,29-/m1/s1. The minimum atomic E-state index is -0.306. The van der Waals surface area contributed by atoms with Crippen LogP contribution in [0, 0.1) is 18.3 Å². The smallest absolute Gasteiger partial charge is 0.226 e. The van der Waals surface area contributed by atoms with E-state index in [2.05, 4.69) is 79.6 Å². The van der Waals surface area contributed by atoms with Gasteiger partial charge in [-0.3, -0.25) is 9.78 Å². The number of pyridine rings is 1. The summed E-state index contributed by atoms with van der Waals surface area (Å²) in [6.45, 7) is 6.43. The van der Waals surface area contributed by atoms with Gasteiger partial charge >= 0.3 is 0 Å². The van der Waals surface area contributed by atoms with E-state index in [9.17, 15) is 4.79 Å². The Bertz CT molecular complexity index is 1160. The first-order valence-electron chi connectivity index (χ1n) is 12.0. The van der Waals surface area contributed by atoms with Gasteiger partial charge in [-0.2, -0.15) is 0 Å². The molecular weight excluding hydrogens is 428 g/mol. The summed E-state index contributed by atoms with van der Waals surface area (Å²) < 4.78 is 0. The molecule has 1 amide bonds. The van der Waals surface area contributed by atoms with E-state index < -0.39 is 0 Å². The maximum absolute atomic E-state index is 13.2. The summed E-state index contributed by atoms with van der Waals surface area (Å²) in [6, 6.07) is 19.5. The Morgan fingerprint density at radius 2 is 1.91 bits per heavy atom. The molecule has 2 aromatic carbocycles. The van der Waals surface area contributed by atoms with Crippen LogP contribution in [0.15, 0.2) is 67.0 Å². The van der Waals surface area contributed by atoms with E-state index in [1.54, 1.807) is 6.20 Å². The van der Waals surface area contributed by atoms with Crippen molar-refractivity contribution in [2.24, 2.45) is 11.3 Å². The molecule has 1 unspecified atom stereocenters. The largest absolute Gasteiger partial charge is 0.353 e. The van der Waals surface area contributed by atoms with E-state index in [0.29, 0.717) is 0 Å². The highest BCUT2D eigenvalue weighted by Gasteiger charge is 2.59. The summed E-state index contributed by atoms with van der Waals surface area (Å²) in [5.74, 6) is 0.960. The van der Waals surface area contributed by atoms with Gasteiger partial charge in [-0.05, 0) is 84.9 Å². The van der Waals surface area contributed by atoms with Crippen molar-refractivity contribution in [3.63, 3.8) is 0 Å². The number of halogens is 1. The second-order valence-corrected chi connectivity index (χ2v) is 10.3. The van der Waals surface area contributed by atoms with Gasteiger partial charge < -0.3 is 5.32 Å². The minimum Gasteiger partial charge on any atom is -0.353 e. The molecule has 1 N–H and O–H groups in total. The number of carbonyl (C=O) groups is 1. The van der Waals surface area contributed by atoms with E-state index in [-0.39, 0.29) is 35.1 Å². The Morgan fingerprint density at radius 1 is 1.12 bits per heavy atom. The van der Waals surface area contributed by atoms with Crippen molar-refractivity contribution < 1.29 is 4.79 Å². The number of amides is 1. The first-order valence-corrected chi connectivity index (χ1v) is 12.4. The third kappa shape index (κ3) is 3.67. The molecule has 5 atom stereocenters. The summed E-state index contributed by atoms with van der Waals surface area (Å²) in [5.41, 5.74) is 5.63. The van der Waals surface area contributed by atoms with Crippen LogP contribution in [-0.2, 0) is 4.79 Å². The van der Waals surface area contributed by atoms with Crippen molar-refractivity contribution in [3.05, 3.63) is 88.7 Å². The molecule has 1 aliphatic heterocycles. The predicted molar refractivity (Wildman–Crippen MR) is 134 cm³/mol. The molecule has 1 saturated heterocycles. The third-order valence-corrected chi connectivity index (χ3v) is 8.51. The van der Waals surface area contributed by atoms with Crippen molar-refractivity contribution in [2.75, 3.05) is 0 Å². The first-order chi connectivity index (χ1) is 15.9. The van der Waals surface area contributed by atoms with Crippen molar-refractivity contribution in [1.29, 1.82) is 0 Å². The molecule has 3 aromatic rings.